The van der Waals surface area contributed by atoms with Crippen molar-refractivity contribution in [1.29, 1.82) is 0 Å². The van der Waals surface area contributed by atoms with Crippen LogP contribution in [0.2, 0.25) is 0 Å². The number of hydrogen-bond donors (Lipinski definition) is 4. The number of nitrogens with one attached hydrogen (secondary N) is 3. The van der Waals surface area contributed by atoms with Crippen LogP contribution in [0.15, 0.2) is 67.0 Å². The topological polar surface area (TPSA) is 118 Å². The van der Waals surface area contributed by atoms with Crippen LogP contribution in [0.4, 0.5) is 19.1 Å². The highest BCUT2D eigenvalue weighted by Crippen LogP contribution is 2.37. The molecule has 3 heterocycles. The predicted octanol–water partition coefficient (Wildman–Crippen LogP) is 4.62. The van der Waals surface area contributed by atoms with Gasteiger partial charge in [0, 0.05) is 55.1 Å². The number of benzene rings is 2. The summed E-state index contributed by atoms with van der Waals surface area (Å²) in [7, 11) is -3.18. The lowest BCUT2D eigenvalue weighted by atomic mass is 9.95. The number of thiol groups is 1. The quantitative estimate of drug-likeness (QED) is 0.206. The molecule has 2 aromatic heterocycles. The molecule has 2 aromatic carbocycles. The lowest BCUT2D eigenvalue weighted by molar-refractivity contribution is 0.137. The Labute approximate surface area is 242 Å². The third-order valence-electron chi connectivity index (χ3n) is 6.91. The van der Waals surface area contributed by atoms with E-state index in [1.807, 2.05) is 0 Å². The third kappa shape index (κ3) is 6.69. The van der Waals surface area contributed by atoms with E-state index in [9.17, 15) is 12.8 Å². The molecule has 3 N–H and O–H groups in total. The minimum absolute atomic E-state index is 0.0350. The van der Waals surface area contributed by atoms with Crippen molar-refractivity contribution in [3.8, 4) is 22.9 Å². The molecule has 0 bridgehead atoms. The van der Waals surface area contributed by atoms with Crippen LogP contribution in [-0.4, -0.2) is 48.2 Å². The van der Waals surface area contributed by atoms with Crippen LogP contribution >= 0.6 is 0 Å². The fraction of sp³-hybridized carbons (Fsp3) is 0.276. The van der Waals surface area contributed by atoms with E-state index in [4.69, 9.17) is 4.74 Å². The maximum atomic E-state index is 15.7. The van der Waals surface area contributed by atoms with Crippen LogP contribution in [-0.2, 0) is 10.9 Å². The number of pyridine rings is 1. The number of rotatable bonds is 9. The molecule has 3 atom stereocenters. The maximum Gasteiger partial charge on any atom is 0.228 e. The van der Waals surface area contributed by atoms with Gasteiger partial charge in [0.2, 0.25) is 22.7 Å². The molecule has 0 aliphatic carbocycles. The maximum absolute atomic E-state index is 15.7. The Hall–Kier alpha value is -4.07. The molecule has 0 amide bonds. The van der Waals surface area contributed by atoms with Crippen LogP contribution in [0.25, 0.3) is 11.3 Å². The highest BCUT2D eigenvalue weighted by atomic mass is 32.2. The van der Waals surface area contributed by atoms with Gasteiger partial charge in [-0.2, -0.15) is 0 Å². The summed E-state index contributed by atoms with van der Waals surface area (Å²) in [5.41, 5.74) is -0.653. The van der Waals surface area contributed by atoms with Gasteiger partial charge in [-0.15, -0.1) is 0 Å². The Balaban J connectivity index is 1.45. The van der Waals surface area contributed by atoms with Gasteiger partial charge in [0.25, 0.3) is 0 Å². The molecule has 220 valence electrons. The van der Waals surface area contributed by atoms with E-state index in [1.165, 1.54) is 26.2 Å². The van der Waals surface area contributed by atoms with Crippen molar-refractivity contribution < 1.29 is 26.3 Å². The summed E-state index contributed by atoms with van der Waals surface area (Å²) in [6.07, 6.45) is 3.28. The van der Waals surface area contributed by atoms with Gasteiger partial charge in [0.1, 0.15) is 23.1 Å². The van der Waals surface area contributed by atoms with E-state index < -0.39 is 39.8 Å². The Morgan fingerprint density at radius 2 is 1.88 bits per heavy atom. The average Bonchev–Trinajstić information content (AvgIpc) is 2.95. The van der Waals surface area contributed by atoms with E-state index in [1.54, 1.807) is 48.5 Å². The lowest BCUT2D eigenvalue weighted by Gasteiger charge is -2.33. The number of hydrogen-bond acceptors (Lipinski definition) is 8. The molecule has 42 heavy (non-hydrogen) atoms. The zero-order valence-corrected chi connectivity index (χ0v) is 23.7. The molecule has 1 fully saturated rings. The van der Waals surface area contributed by atoms with Gasteiger partial charge in [0.15, 0.2) is 0 Å². The van der Waals surface area contributed by atoms with Crippen molar-refractivity contribution in [2.75, 3.05) is 18.4 Å². The summed E-state index contributed by atoms with van der Waals surface area (Å²) in [4.78, 5) is 13.0. The van der Waals surface area contributed by atoms with Crippen molar-refractivity contribution in [2.45, 2.75) is 38.0 Å². The van der Waals surface area contributed by atoms with Gasteiger partial charge in [0.05, 0.1) is 17.3 Å². The minimum atomic E-state index is -3.18. The molecule has 0 saturated carbocycles. The van der Waals surface area contributed by atoms with Crippen LogP contribution in [0.5, 0.6) is 11.6 Å². The molecule has 4 aromatic rings. The Morgan fingerprint density at radius 3 is 2.62 bits per heavy atom. The zero-order valence-electron chi connectivity index (χ0n) is 22.8. The summed E-state index contributed by atoms with van der Waals surface area (Å²) >= 11 is 0. The molecule has 0 spiro atoms. The molecular weight excluding hydrogens is 569 g/mol. The van der Waals surface area contributed by atoms with Crippen LogP contribution < -0.4 is 20.1 Å². The van der Waals surface area contributed by atoms with E-state index in [2.05, 4.69) is 30.3 Å². The van der Waals surface area contributed by atoms with Gasteiger partial charge in [-0.3, -0.25) is 0 Å². The van der Waals surface area contributed by atoms with Crippen LogP contribution in [0, 0.1) is 18.6 Å². The van der Waals surface area contributed by atoms with E-state index >= 15 is 8.78 Å². The number of anilines is 1. The number of aromatic nitrogens is 3. The zero-order chi connectivity index (χ0) is 29.9. The highest BCUT2D eigenvalue weighted by Gasteiger charge is 2.32. The second-order valence-electron chi connectivity index (χ2n) is 10.3. The molecule has 1 unspecified atom stereocenters. The Morgan fingerprint density at radius 1 is 1.10 bits per heavy atom. The molecular formula is C29H29F3N6O3S. The molecule has 1 aliphatic heterocycles. The van der Waals surface area contributed by atoms with Gasteiger partial charge in [-0.25, -0.2) is 41.3 Å². The largest absolute Gasteiger partial charge is 0.438 e. The van der Waals surface area contributed by atoms with Crippen LogP contribution in [0.1, 0.15) is 36.1 Å². The van der Waals surface area contributed by atoms with E-state index in [0.717, 1.165) is 6.07 Å². The van der Waals surface area contributed by atoms with Crippen molar-refractivity contribution in [1.82, 2.24) is 25.0 Å². The monoisotopic (exact) mass is 598 g/mol. The first kappa shape index (κ1) is 29.4. The Kier molecular flexibility index (Phi) is 8.71. The lowest BCUT2D eigenvalue weighted by Crippen LogP contribution is -2.50. The summed E-state index contributed by atoms with van der Waals surface area (Å²) in [5.74, 6) is -1.79. The molecule has 1 saturated heterocycles. The SMILES string of the molecule is Cc1c(Oc2ncccc2-c2ccnc(N[C@@H]3CNC[C@@](C)(F)C3)n2)cc(F)c(C(N[SH](=O)=O)c2ccccc2)c1F. The first-order chi connectivity index (χ1) is 20.1. The standard InChI is InChI=1S/C29H29F3N6O3S/c1-17-23(13-21(30)24(25(17)31)26(38-42(39)40)18-7-4-3-5-8-18)41-27-20(9-6-11-34-27)22-10-12-35-28(37-22)36-19-14-29(2,32)16-33-15-19/h3-13,19,26,33,42H,14-16H2,1-2H3,(H,35,36,37)(H,38,39,40)/t19-,26?,29-/m0/s1. The highest BCUT2D eigenvalue weighted by molar-refractivity contribution is 7.70. The van der Waals surface area contributed by atoms with E-state index in [-0.39, 0.29) is 42.1 Å². The van der Waals surface area contributed by atoms with Gasteiger partial charge < -0.3 is 15.4 Å². The fourth-order valence-corrected chi connectivity index (χ4v) is 5.43. The number of halogens is 3. The molecule has 0 radical (unpaired) electrons. The predicted molar refractivity (Wildman–Crippen MR) is 153 cm³/mol. The summed E-state index contributed by atoms with van der Waals surface area (Å²) < 4.78 is 76.9. The molecule has 5 rings (SSSR count). The van der Waals surface area contributed by atoms with Crippen molar-refractivity contribution in [2.24, 2.45) is 0 Å². The molecule has 13 heteroatoms. The number of alkyl halides is 1. The summed E-state index contributed by atoms with van der Waals surface area (Å²) in [5, 5.41) is 6.20. The van der Waals surface area contributed by atoms with Gasteiger partial charge in [-0.05, 0) is 37.6 Å². The number of ether oxygens (including phenoxy) is 1. The van der Waals surface area contributed by atoms with Crippen molar-refractivity contribution in [3.05, 3.63) is 95.3 Å². The van der Waals surface area contributed by atoms with Crippen molar-refractivity contribution >= 4 is 16.8 Å². The second-order valence-corrected chi connectivity index (χ2v) is 11.0. The summed E-state index contributed by atoms with van der Waals surface area (Å²) in [6, 6.07) is 12.6. The van der Waals surface area contributed by atoms with Gasteiger partial charge in [-0.1, -0.05) is 30.3 Å². The fourth-order valence-electron chi connectivity index (χ4n) is 4.94. The Bertz CT molecular complexity index is 1650. The normalized spacial score (nSPS) is 19.4. The number of piperidine rings is 1. The smallest absolute Gasteiger partial charge is 0.228 e. The van der Waals surface area contributed by atoms with E-state index in [0.29, 0.717) is 23.4 Å². The second kappa shape index (κ2) is 12.4. The first-order valence-electron chi connectivity index (χ1n) is 13.2. The van der Waals surface area contributed by atoms with Gasteiger partial charge >= 0.3 is 0 Å². The first-order valence-corrected chi connectivity index (χ1v) is 14.4. The minimum Gasteiger partial charge on any atom is -0.438 e. The summed E-state index contributed by atoms with van der Waals surface area (Å²) in [6.45, 7) is 3.76. The average molecular weight is 599 g/mol. The molecule has 9 nitrogen and oxygen atoms in total. The van der Waals surface area contributed by atoms with Crippen molar-refractivity contribution in [3.63, 3.8) is 0 Å². The third-order valence-corrected chi connectivity index (χ3v) is 7.37. The number of nitrogens with zero attached hydrogens (tertiary/aromatic N) is 3. The van der Waals surface area contributed by atoms with Crippen LogP contribution in [0.3, 0.4) is 0 Å². The molecule has 1 aliphatic rings.